The van der Waals surface area contributed by atoms with Crippen molar-refractivity contribution in [1.29, 1.82) is 0 Å². The summed E-state index contributed by atoms with van der Waals surface area (Å²) in [6.07, 6.45) is 2.91. The van der Waals surface area contributed by atoms with Crippen molar-refractivity contribution >= 4 is 17.6 Å². The molecule has 1 aromatic heterocycles. The van der Waals surface area contributed by atoms with Gasteiger partial charge in [0.1, 0.15) is 5.82 Å². The minimum Gasteiger partial charge on any atom is -0.383 e. The maximum absolute atomic E-state index is 6.07. The number of pyridine rings is 1. The zero-order valence-corrected chi connectivity index (χ0v) is 13.4. The van der Waals surface area contributed by atoms with Gasteiger partial charge in [-0.15, -0.1) is 0 Å². The highest BCUT2D eigenvalue weighted by molar-refractivity contribution is 7.99. The van der Waals surface area contributed by atoms with Crippen molar-refractivity contribution < 1.29 is 0 Å². The zero-order valence-electron chi connectivity index (χ0n) is 12.6. The lowest BCUT2D eigenvalue weighted by Gasteiger charge is -2.22. The summed E-state index contributed by atoms with van der Waals surface area (Å²) >= 11 is 1.99. The summed E-state index contributed by atoms with van der Waals surface area (Å²) in [7, 11) is 0. The van der Waals surface area contributed by atoms with E-state index < -0.39 is 0 Å². The lowest BCUT2D eigenvalue weighted by Crippen LogP contribution is -2.26. The molecule has 4 heteroatoms. The van der Waals surface area contributed by atoms with Crippen LogP contribution in [0.4, 0.5) is 5.82 Å². The minimum atomic E-state index is 0.303. The van der Waals surface area contributed by atoms with Crippen molar-refractivity contribution in [2.45, 2.75) is 40.2 Å². The van der Waals surface area contributed by atoms with Crippen LogP contribution in [0.5, 0.6) is 0 Å². The fourth-order valence-electron chi connectivity index (χ4n) is 2.03. The topological polar surface area (TPSA) is 50.9 Å². The second-order valence-electron chi connectivity index (χ2n) is 5.36. The van der Waals surface area contributed by atoms with Crippen molar-refractivity contribution in [3.05, 3.63) is 23.4 Å². The molecular formula is C15H27N3S. The third-order valence-corrected chi connectivity index (χ3v) is 4.44. The zero-order chi connectivity index (χ0) is 14.3. The van der Waals surface area contributed by atoms with Gasteiger partial charge in [-0.3, -0.25) is 0 Å². The van der Waals surface area contributed by atoms with E-state index in [2.05, 4.69) is 38.0 Å². The smallest absolute Gasteiger partial charge is 0.128 e. The molecule has 0 amide bonds. The largest absolute Gasteiger partial charge is 0.383 e. The summed E-state index contributed by atoms with van der Waals surface area (Å²) in [5.41, 5.74) is 8.47. The maximum atomic E-state index is 6.07. The van der Waals surface area contributed by atoms with Crippen molar-refractivity contribution in [1.82, 2.24) is 10.3 Å². The summed E-state index contributed by atoms with van der Waals surface area (Å²) in [6, 6.07) is 2.34. The Hall–Kier alpha value is -0.740. The normalized spacial score (nSPS) is 12.9. The fourth-order valence-corrected chi connectivity index (χ4v) is 3.16. The van der Waals surface area contributed by atoms with E-state index in [1.54, 1.807) is 6.20 Å². The number of hydrogen-bond donors (Lipinski definition) is 2. The van der Waals surface area contributed by atoms with Crippen LogP contribution >= 0.6 is 11.8 Å². The van der Waals surface area contributed by atoms with Gasteiger partial charge >= 0.3 is 0 Å². The first-order valence-electron chi connectivity index (χ1n) is 7.08. The van der Waals surface area contributed by atoms with Crippen LogP contribution in [0.3, 0.4) is 0 Å². The quantitative estimate of drug-likeness (QED) is 0.767. The van der Waals surface area contributed by atoms with Crippen LogP contribution < -0.4 is 11.1 Å². The monoisotopic (exact) mass is 281 g/mol. The van der Waals surface area contributed by atoms with E-state index in [-0.39, 0.29) is 0 Å². The highest BCUT2D eigenvalue weighted by Crippen LogP contribution is 2.26. The second-order valence-corrected chi connectivity index (χ2v) is 6.44. The molecule has 0 fully saturated rings. The molecule has 3 nitrogen and oxygen atoms in total. The second kappa shape index (κ2) is 8.43. The number of nitrogen functional groups attached to an aromatic ring is 1. The van der Waals surface area contributed by atoms with Crippen LogP contribution in [-0.2, 0) is 0 Å². The summed E-state index contributed by atoms with van der Waals surface area (Å²) in [5, 5.41) is 3.60. The van der Waals surface area contributed by atoms with Gasteiger partial charge < -0.3 is 11.1 Å². The van der Waals surface area contributed by atoms with Gasteiger partial charge in [-0.25, -0.2) is 4.98 Å². The number of hydrogen-bond acceptors (Lipinski definition) is 4. The van der Waals surface area contributed by atoms with Crippen molar-refractivity contribution in [3.63, 3.8) is 0 Å². The van der Waals surface area contributed by atoms with Crippen molar-refractivity contribution in [2.75, 3.05) is 23.8 Å². The summed E-state index contributed by atoms with van der Waals surface area (Å²) in [5.74, 6) is 3.63. The Labute approximate surface area is 121 Å². The molecule has 0 saturated carbocycles. The minimum absolute atomic E-state index is 0.303. The third kappa shape index (κ3) is 5.41. The summed E-state index contributed by atoms with van der Waals surface area (Å²) < 4.78 is 0. The number of aryl methyl sites for hydroxylation is 1. The van der Waals surface area contributed by atoms with Crippen LogP contribution in [0.1, 0.15) is 44.4 Å². The number of rotatable bonds is 8. The fraction of sp³-hybridized carbons (Fsp3) is 0.667. The van der Waals surface area contributed by atoms with Crippen molar-refractivity contribution in [3.8, 4) is 0 Å². The molecule has 19 heavy (non-hydrogen) atoms. The van der Waals surface area contributed by atoms with Crippen LogP contribution in [-0.4, -0.2) is 23.0 Å². The molecular weight excluding hydrogens is 254 g/mol. The number of thioether (sulfide) groups is 1. The Kier molecular flexibility index (Phi) is 7.24. The molecule has 0 aliphatic heterocycles. The number of anilines is 1. The molecule has 0 aliphatic rings. The molecule has 0 radical (unpaired) electrons. The van der Waals surface area contributed by atoms with Crippen LogP contribution in [0.15, 0.2) is 12.3 Å². The molecule has 0 aromatic carbocycles. The molecule has 1 atom stereocenters. The number of nitrogens with zero attached hydrogens (tertiary/aromatic N) is 1. The van der Waals surface area contributed by atoms with Gasteiger partial charge in [-0.05, 0) is 43.2 Å². The molecule has 0 bridgehead atoms. The summed E-state index contributed by atoms with van der Waals surface area (Å²) in [4.78, 5) is 4.24. The highest BCUT2D eigenvalue weighted by Gasteiger charge is 2.17. The Morgan fingerprint density at radius 1 is 1.37 bits per heavy atom. The van der Waals surface area contributed by atoms with E-state index in [1.807, 2.05) is 17.8 Å². The van der Waals surface area contributed by atoms with Gasteiger partial charge in [0.15, 0.2) is 0 Å². The first kappa shape index (κ1) is 16.3. The first-order chi connectivity index (χ1) is 9.06. The van der Waals surface area contributed by atoms with Crippen LogP contribution in [0.25, 0.3) is 0 Å². The van der Waals surface area contributed by atoms with Gasteiger partial charge in [0, 0.05) is 23.6 Å². The predicted molar refractivity (Wildman–Crippen MR) is 86.6 cm³/mol. The first-order valence-corrected chi connectivity index (χ1v) is 8.23. The molecule has 3 N–H and O–H groups in total. The Morgan fingerprint density at radius 3 is 2.68 bits per heavy atom. The molecule has 0 aliphatic carbocycles. The van der Waals surface area contributed by atoms with Gasteiger partial charge in [0.25, 0.3) is 0 Å². The Balaban J connectivity index is 2.77. The SMILES string of the molecule is CCCNC(CSCC(C)C)c1c(C)ccnc1N. The molecule has 1 aromatic rings. The van der Waals surface area contributed by atoms with E-state index >= 15 is 0 Å². The van der Waals surface area contributed by atoms with Gasteiger partial charge in [0.2, 0.25) is 0 Å². The molecule has 108 valence electrons. The standard InChI is InChI=1S/C15H27N3S/c1-5-7-17-13(10-19-9-11(2)3)14-12(4)6-8-18-15(14)16/h6,8,11,13,17H,5,7,9-10H2,1-4H3,(H2,16,18). The highest BCUT2D eigenvalue weighted by atomic mass is 32.2. The van der Waals surface area contributed by atoms with Crippen LogP contribution in [0, 0.1) is 12.8 Å². The lowest BCUT2D eigenvalue weighted by atomic mass is 10.0. The van der Waals surface area contributed by atoms with E-state index in [1.165, 1.54) is 16.9 Å². The average molecular weight is 281 g/mol. The Morgan fingerprint density at radius 2 is 2.11 bits per heavy atom. The van der Waals surface area contributed by atoms with Crippen molar-refractivity contribution in [2.24, 2.45) is 5.92 Å². The van der Waals surface area contributed by atoms with E-state index in [9.17, 15) is 0 Å². The Bertz CT molecular complexity index is 359. The van der Waals surface area contributed by atoms with Crippen LogP contribution in [0.2, 0.25) is 0 Å². The number of aromatic nitrogens is 1. The molecule has 1 heterocycles. The maximum Gasteiger partial charge on any atom is 0.128 e. The molecule has 1 rings (SSSR count). The molecule has 1 unspecified atom stereocenters. The lowest BCUT2D eigenvalue weighted by molar-refractivity contribution is 0.574. The molecule has 0 spiro atoms. The van der Waals surface area contributed by atoms with E-state index in [0.717, 1.165) is 24.6 Å². The number of nitrogens with one attached hydrogen (secondary N) is 1. The van der Waals surface area contributed by atoms with Gasteiger partial charge in [0.05, 0.1) is 0 Å². The van der Waals surface area contributed by atoms with E-state index in [4.69, 9.17) is 5.73 Å². The van der Waals surface area contributed by atoms with E-state index in [0.29, 0.717) is 11.9 Å². The predicted octanol–water partition coefficient (Wildman–Crippen LogP) is 3.40. The third-order valence-electron chi connectivity index (χ3n) is 2.96. The van der Waals surface area contributed by atoms with Gasteiger partial charge in [-0.1, -0.05) is 20.8 Å². The average Bonchev–Trinajstić information content (AvgIpc) is 2.34. The van der Waals surface area contributed by atoms with Gasteiger partial charge in [-0.2, -0.15) is 11.8 Å². The number of nitrogens with two attached hydrogens (primary N) is 1. The molecule has 0 saturated heterocycles. The summed E-state index contributed by atoms with van der Waals surface area (Å²) in [6.45, 7) is 9.82.